The summed E-state index contributed by atoms with van der Waals surface area (Å²) in [5, 5.41) is 6.61. The van der Waals surface area contributed by atoms with E-state index in [2.05, 4.69) is 32.3 Å². The van der Waals surface area contributed by atoms with Gasteiger partial charge in [-0.2, -0.15) is 0 Å². The molecule has 0 saturated carbocycles. The van der Waals surface area contributed by atoms with E-state index in [0.717, 1.165) is 4.88 Å². The van der Waals surface area contributed by atoms with Crippen molar-refractivity contribution in [3.63, 3.8) is 0 Å². The fraction of sp³-hybridized carbons (Fsp3) is 0.222. The van der Waals surface area contributed by atoms with Crippen molar-refractivity contribution in [1.29, 1.82) is 0 Å². The number of carbonyl (C=O) groups is 1. The number of nitrogens with two attached hydrogens (primary N) is 1. The third-order valence-electron chi connectivity index (χ3n) is 3.32. The maximum Gasteiger partial charge on any atom is 0.267 e. The van der Waals surface area contributed by atoms with Gasteiger partial charge in [0.15, 0.2) is 5.82 Å². The molecule has 0 fully saturated rings. The maximum atomic E-state index is 12.3. The molecule has 0 spiro atoms. The molecule has 3 rings (SSSR count). The van der Waals surface area contributed by atoms with E-state index in [9.17, 15) is 4.79 Å². The number of thiophene rings is 1. The topological polar surface area (TPSA) is 107 Å². The Balaban J connectivity index is 1.68. The van der Waals surface area contributed by atoms with E-state index in [0.29, 0.717) is 22.0 Å². The van der Waals surface area contributed by atoms with Crippen LogP contribution in [0.15, 0.2) is 35.1 Å². The molecule has 0 aromatic carbocycles. The van der Waals surface area contributed by atoms with E-state index >= 15 is 0 Å². The number of aromatic nitrogens is 3. The first-order valence-electron chi connectivity index (χ1n) is 7.79. The summed E-state index contributed by atoms with van der Waals surface area (Å²) in [4.78, 5) is 21.4. The zero-order valence-corrected chi connectivity index (χ0v) is 15.3. The second-order valence-corrected chi connectivity index (χ2v) is 7.61. The molecular weight excluding hydrogens is 350 g/mol. The summed E-state index contributed by atoms with van der Waals surface area (Å²) in [6, 6.07) is 5.23. The van der Waals surface area contributed by atoms with Gasteiger partial charge in [-0.1, -0.05) is 37.8 Å². The predicted molar refractivity (Wildman–Crippen MR) is 99.9 cm³/mol. The van der Waals surface area contributed by atoms with Crippen LogP contribution in [0.2, 0.25) is 0 Å². The molecule has 26 heavy (non-hydrogen) atoms. The number of rotatable bonds is 2. The summed E-state index contributed by atoms with van der Waals surface area (Å²) in [5.41, 5.74) is 5.91. The summed E-state index contributed by atoms with van der Waals surface area (Å²) in [7, 11) is 0. The van der Waals surface area contributed by atoms with Gasteiger partial charge < -0.3 is 15.6 Å². The SMILES string of the molecule is CC(C)(C)c1cc(NC(=O)c2ccc(C#Cc3cnc(N)nc3)s2)no1. The highest BCUT2D eigenvalue weighted by Gasteiger charge is 2.20. The molecule has 7 nitrogen and oxygen atoms in total. The smallest absolute Gasteiger partial charge is 0.267 e. The number of hydrogen-bond acceptors (Lipinski definition) is 7. The van der Waals surface area contributed by atoms with Gasteiger partial charge in [-0.15, -0.1) is 11.3 Å². The van der Waals surface area contributed by atoms with Gasteiger partial charge in [0.05, 0.1) is 15.3 Å². The Morgan fingerprint density at radius 2 is 1.96 bits per heavy atom. The predicted octanol–water partition coefficient (Wildman–Crippen LogP) is 3.06. The van der Waals surface area contributed by atoms with E-state index in [4.69, 9.17) is 10.3 Å². The van der Waals surface area contributed by atoms with Crippen molar-refractivity contribution in [2.75, 3.05) is 11.1 Å². The Hall–Kier alpha value is -3.18. The first kappa shape index (κ1) is 17.6. The van der Waals surface area contributed by atoms with Crippen LogP contribution >= 0.6 is 11.3 Å². The first-order valence-corrected chi connectivity index (χ1v) is 8.61. The summed E-state index contributed by atoms with van der Waals surface area (Å²) < 4.78 is 5.26. The largest absolute Gasteiger partial charge is 0.368 e. The van der Waals surface area contributed by atoms with Crippen LogP contribution in [0.5, 0.6) is 0 Å². The molecule has 0 saturated heterocycles. The van der Waals surface area contributed by atoms with Crippen LogP contribution in [0.25, 0.3) is 0 Å². The molecule has 3 aromatic heterocycles. The Bertz CT molecular complexity index is 987. The second kappa shape index (κ2) is 6.98. The van der Waals surface area contributed by atoms with E-state index in [1.807, 2.05) is 20.8 Å². The van der Waals surface area contributed by atoms with Crippen molar-refractivity contribution in [3.8, 4) is 11.8 Å². The fourth-order valence-corrected chi connectivity index (χ4v) is 2.68. The van der Waals surface area contributed by atoms with Gasteiger partial charge in [0.2, 0.25) is 5.95 Å². The number of hydrogen-bond donors (Lipinski definition) is 2. The number of amides is 1. The molecule has 0 aliphatic carbocycles. The zero-order chi connectivity index (χ0) is 18.7. The second-order valence-electron chi connectivity index (χ2n) is 6.52. The quantitative estimate of drug-likeness (QED) is 0.674. The monoisotopic (exact) mass is 367 g/mol. The van der Waals surface area contributed by atoms with Crippen LogP contribution in [0.4, 0.5) is 11.8 Å². The molecule has 0 unspecified atom stereocenters. The summed E-state index contributed by atoms with van der Waals surface area (Å²) in [6.45, 7) is 6.03. The summed E-state index contributed by atoms with van der Waals surface area (Å²) >= 11 is 1.29. The van der Waals surface area contributed by atoms with Crippen molar-refractivity contribution in [3.05, 3.63) is 51.7 Å². The van der Waals surface area contributed by atoms with Crippen LogP contribution in [0.1, 0.15) is 46.6 Å². The minimum Gasteiger partial charge on any atom is -0.368 e. The van der Waals surface area contributed by atoms with E-state index in [-0.39, 0.29) is 17.3 Å². The average Bonchev–Trinajstić information content (AvgIpc) is 3.23. The highest BCUT2D eigenvalue weighted by Crippen LogP contribution is 2.25. The number of nitrogen functional groups attached to an aromatic ring is 1. The molecule has 132 valence electrons. The number of anilines is 2. The third kappa shape index (κ3) is 4.26. The van der Waals surface area contributed by atoms with Gasteiger partial charge >= 0.3 is 0 Å². The van der Waals surface area contributed by atoms with Gasteiger partial charge in [-0.05, 0) is 12.1 Å². The van der Waals surface area contributed by atoms with E-state index < -0.39 is 0 Å². The van der Waals surface area contributed by atoms with Gasteiger partial charge in [0, 0.05) is 23.9 Å². The molecule has 3 heterocycles. The van der Waals surface area contributed by atoms with E-state index in [1.165, 1.54) is 11.3 Å². The average molecular weight is 367 g/mol. The lowest BCUT2D eigenvalue weighted by molar-refractivity contribution is 0.102. The van der Waals surface area contributed by atoms with Crippen LogP contribution in [-0.2, 0) is 5.41 Å². The van der Waals surface area contributed by atoms with Crippen molar-refractivity contribution in [2.45, 2.75) is 26.2 Å². The first-order chi connectivity index (χ1) is 12.3. The molecule has 0 aliphatic heterocycles. The molecular formula is C18H17N5O2S. The van der Waals surface area contributed by atoms with Gasteiger partial charge in [-0.3, -0.25) is 4.79 Å². The van der Waals surface area contributed by atoms with Gasteiger partial charge in [0.25, 0.3) is 5.91 Å². The Morgan fingerprint density at radius 3 is 2.62 bits per heavy atom. The summed E-state index contributed by atoms with van der Waals surface area (Å²) in [6.07, 6.45) is 3.10. The molecule has 1 amide bonds. The minimum atomic E-state index is -0.257. The lowest BCUT2D eigenvalue weighted by Crippen LogP contribution is -2.11. The molecule has 0 aliphatic rings. The van der Waals surface area contributed by atoms with Crippen molar-refractivity contribution >= 4 is 29.0 Å². The number of nitrogens with zero attached hydrogens (tertiary/aromatic N) is 3. The van der Waals surface area contributed by atoms with Gasteiger partial charge in [0.1, 0.15) is 5.76 Å². The van der Waals surface area contributed by atoms with Crippen molar-refractivity contribution in [2.24, 2.45) is 0 Å². The molecule has 0 radical (unpaired) electrons. The zero-order valence-electron chi connectivity index (χ0n) is 14.5. The standard InChI is InChI=1S/C18H17N5O2S/c1-18(2,3)14-8-15(23-25-14)22-16(24)13-7-6-12(26-13)5-4-11-9-20-17(19)21-10-11/h6-10H,1-3H3,(H2,19,20,21)(H,22,23,24). The number of carbonyl (C=O) groups excluding carboxylic acids is 1. The number of nitrogens with one attached hydrogen (secondary N) is 1. The molecule has 0 bridgehead atoms. The maximum absolute atomic E-state index is 12.3. The van der Waals surface area contributed by atoms with Crippen LogP contribution in [0, 0.1) is 11.8 Å². The Labute approximate surface area is 154 Å². The van der Waals surface area contributed by atoms with Crippen molar-refractivity contribution in [1.82, 2.24) is 15.1 Å². The van der Waals surface area contributed by atoms with Crippen LogP contribution < -0.4 is 11.1 Å². The minimum absolute atomic E-state index is 0.173. The highest BCUT2D eigenvalue weighted by molar-refractivity contribution is 7.14. The lowest BCUT2D eigenvalue weighted by Gasteiger charge is -2.11. The third-order valence-corrected chi connectivity index (χ3v) is 4.32. The lowest BCUT2D eigenvalue weighted by atomic mass is 9.93. The Morgan fingerprint density at radius 1 is 1.23 bits per heavy atom. The normalized spacial score (nSPS) is 10.9. The Kier molecular flexibility index (Phi) is 4.73. The van der Waals surface area contributed by atoms with Gasteiger partial charge in [-0.25, -0.2) is 9.97 Å². The summed E-state index contributed by atoms with van der Waals surface area (Å²) in [5.74, 6) is 6.95. The molecule has 3 aromatic rings. The van der Waals surface area contributed by atoms with Crippen LogP contribution in [-0.4, -0.2) is 21.0 Å². The fourth-order valence-electron chi connectivity index (χ4n) is 1.93. The molecule has 3 N–H and O–H groups in total. The van der Waals surface area contributed by atoms with Crippen LogP contribution in [0.3, 0.4) is 0 Å². The highest BCUT2D eigenvalue weighted by atomic mass is 32.1. The van der Waals surface area contributed by atoms with E-state index in [1.54, 1.807) is 30.6 Å². The molecule has 0 atom stereocenters. The molecule has 8 heteroatoms. The van der Waals surface area contributed by atoms with Crippen molar-refractivity contribution < 1.29 is 9.32 Å².